The van der Waals surface area contributed by atoms with E-state index in [1.807, 2.05) is 60.7 Å². The number of carbonyl (C=O) groups excluding carboxylic acids is 1. The van der Waals surface area contributed by atoms with Crippen molar-refractivity contribution < 1.29 is 9.90 Å². The molecule has 0 spiro atoms. The Labute approximate surface area is 181 Å². The molecule has 1 atom stereocenters. The van der Waals surface area contributed by atoms with E-state index in [1.165, 1.54) is 5.39 Å². The minimum atomic E-state index is -0.404. The van der Waals surface area contributed by atoms with Gasteiger partial charge in [-0.15, -0.1) is 0 Å². The summed E-state index contributed by atoms with van der Waals surface area (Å²) in [6.45, 7) is 3.36. The molecule has 142 valence electrons. The molecule has 1 N–H and O–H groups in total. The average molecular weight is 500 g/mol. The predicted octanol–water partition coefficient (Wildman–Crippen LogP) is 7.46. The molecular weight excluding hydrogens is 480 g/mol. The second-order valence-corrected chi connectivity index (χ2v) is 8.52. The smallest absolute Gasteiger partial charge is 0.159 e. The fourth-order valence-corrected chi connectivity index (χ4v) is 3.69. The molecule has 0 unspecified atom stereocenters. The van der Waals surface area contributed by atoms with E-state index in [-0.39, 0.29) is 5.78 Å². The first kappa shape index (κ1) is 20.7. The maximum Gasteiger partial charge on any atom is 0.159 e. The van der Waals surface area contributed by atoms with Gasteiger partial charge in [-0.2, -0.15) is 0 Å². The van der Waals surface area contributed by atoms with Gasteiger partial charge in [-0.1, -0.05) is 68.3 Å². The lowest BCUT2D eigenvalue weighted by Crippen LogP contribution is -1.90. The van der Waals surface area contributed by atoms with E-state index < -0.39 is 6.10 Å². The summed E-state index contributed by atoms with van der Waals surface area (Å²) < 4.78 is 2.10. The number of aliphatic hydroxyl groups excluding tert-OH is 1. The van der Waals surface area contributed by atoms with Crippen molar-refractivity contribution in [1.82, 2.24) is 0 Å². The van der Waals surface area contributed by atoms with Gasteiger partial charge < -0.3 is 5.11 Å². The summed E-state index contributed by atoms with van der Waals surface area (Å²) in [6.07, 6.45) is -0.404. The lowest BCUT2D eigenvalue weighted by molar-refractivity contribution is 0.101. The summed E-state index contributed by atoms with van der Waals surface area (Å²) in [5.41, 5.74) is 1.71. The minimum Gasteiger partial charge on any atom is -0.389 e. The number of benzene rings is 4. The summed E-state index contributed by atoms with van der Waals surface area (Å²) in [6, 6.07) is 23.9. The van der Waals surface area contributed by atoms with Crippen molar-refractivity contribution in [2.75, 3.05) is 0 Å². The van der Waals surface area contributed by atoms with Crippen LogP contribution < -0.4 is 0 Å². The van der Waals surface area contributed by atoms with Crippen LogP contribution in [0.3, 0.4) is 0 Å². The molecular formula is C24H20Br2O2. The first-order valence-electron chi connectivity index (χ1n) is 8.91. The molecule has 0 bridgehead atoms. The number of hydrogen-bond donors (Lipinski definition) is 1. The summed E-state index contributed by atoms with van der Waals surface area (Å²) in [7, 11) is 0. The predicted molar refractivity (Wildman–Crippen MR) is 124 cm³/mol. The zero-order valence-corrected chi connectivity index (χ0v) is 18.8. The largest absolute Gasteiger partial charge is 0.389 e. The molecule has 2 nitrogen and oxygen atoms in total. The Morgan fingerprint density at radius 1 is 0.750 bits per heavy atom. The van der Waals surface area contributed by atoms with Crippen molar-refractivity contribution in [3.05, 3.63) is 92.9 Å². The Kier molecular flexibility index (Phi) is 6.65. The van der Waals surface area contributed by atoms with Gasteiger partial charge in [0.05, 0.1) is 6.10 Å². The quantitative estimate of drug-likeness (QED) is 0.290. The fraction of sp³-hybridized carbons (Fsp3) is 0.125. The Morgan fingerprint density at radius 2 is 1.25 bits per heavy atom. The Morgan fingerprint density at radius 3 is 1.79 bits per heavy atom. The van der Waals surface area contributed by atoms with E-state index in [0.717, 1.165) is 36.2 Å². The van der Waals surface area contributed by atoms with E-state index in [1.54, 1.807) is 13.8 Å². The summed E-state index contributed by atoms with van der Waals surface area (Å²) in [4.78, 5) is 11.2. The van der Waals surface area contributed by atoms with Crippen LogP contribution in [0.25, 0.3) is 21.5 Å². The molecule has 4 heteroatoms. The van der Waals surface area contributed by atoms with Crippen LogP contribution in [0.4, 0.5) is 0 Å². The molecule has 0 saturated carbocycles. The number of carbonyl (C=O) groups is 1. The second-order valence-electron chi connectivity index (χ2n) is 6.69. The molecule has 0 aliphatic rings. The summed E-state index contributed by atoms with van der Waals surface area (Å²) in [5.74, 6) is 0.104. The van der Waals surface area contributed by atoms with Crippen LogP contribution >= 0.6 is 31.9 Å². The average Bonchev–Trinajstić information content (AvgIpc) is 2.67. The van der Waals surface area contributed by atoms with Crippen molar-refractivity contribution in [3.8, 4) is 0 Å². The molecule has 0 fully saturated rings. The normalized spacial score (nSPS) is 11.8. The van der Waals surface area contributed by atoms with Crippen LogP contribution in [0.5, 0.6) is 0 Å². The van der Waals surface area contributed by atoms with E-state index in [4.69, 9.17) is 0 Å². The van der Waals surface area contributed by atoms with Gasteiger partial charge in [0.15, 0.2) is 5.78 Å². The molecule has 4 rings (SSSR count). The van der Waals surface area contributed by atoms with Crippen molar-refractivity contribution >= 4 is 59.2 Å². The Bertz CT molecular complexity index is 1150. The van der Waals surface area contributed by atoms with Gasteiger partial charge in [-0.05, 0) is 77.4 Å². The number of fused-ring (bicyclic) bond motifs is 2. The number of ketones is 1. The number of rotatable bonds is 2. The monoisotopic (exact) mass is 498 g/mol. The lowest BCUT2D eigenvalue weighted by Gasteiger charge is -2.06. The van der Waals surface area contributed by atoms with Crippen molar-refractivity contribution in [2.45, 2.75) is 20.0 Å². The second kappa shape index (κ2) is 8.99. The van der Waals surface area contributed by atoms with E-state index >= 15 is 0 Å². The SMILES string of the molecule is CC(=O)c1ccc2ccc(Br)cc2c1.C[C@@H](O)c1ccc2ccc(Br)cc2c1. The highest BCUT2D eigenvalue weighted by atomic mass is 79.9. The first-order chi connectivity index (χ1) is 13.3. The van der Waals surface area contributed by atoms with Crippen LogP contribution in [0.15, 0.2) is 81.7 Å². The van der Waals surface area contributed by atoms with Gasteiger partial charge in [0.25, 0.3) is 0 Å². The third-order valence-electron chi connectivity index (χ3n) is 4.52. The van der Waals surface area contributed by atoms with Crippen LogP contribution in [0.1, 0.15) is 35.9 Å². The van der Waals surface area contributed by atoms with Gasteiger partial charge in [-0.3, -0.25) is 4.79 Å². The molecule has 0 amide bonds. The number of aliphatic hydroxyl groups is 1. The van der Waals surface area contributed by atoms with Gasteiger partial charge in [-0.25, -0.2) is 0 Å². The number of Topliss-reactive ketones (excluding diaryl/α,β-unsaturated/α-hetero) is 1. The maximum absolute atomic E-state index is 11.2. The molecule has 28 heavy (non-hydrogen) atoms. The number of halogens is 2. The van der Waals surface area contributed by atoms with Gasteiger partial charge >= 0.3 is 0 Å². The van der Waals surface area contributed by atoms with Gasteiger partial charge in [0, 0.05) is 14.5 Å². The Hall–Kier alpha value is -2.01. The molecule has 4 aromatic carbocycles. The lowest BCUT2D eigenvalue weighted by atomic mass is 10.0. The summed E-state index contributed by atoms with van der Waals surface area (Å²) in [5, 5.41) is 14.0. The van der Waals surface area contributed by atoms with Crippen molar-refractivity contribution in [1.29, 1.82) is 0 Å². The van der Waals surface area contributed by atoms with Crippen LogP contribution in [0, 0.1) is 0 Å². The first-order valence-corrected chi connectivity index (χ1v) is 10.5. The fourth-order valence-electron chi connectivity index (χ4n) is 2.93. The molecule has 0 saturated heterocycles. The molecule has 0 heterocycles. The third kappa shape index (κ3) is 5.07. The zero-order chi connectivity index (χ0) is 20.3. The molecule has 0 radical (unpaired) electrons. The van der Waals surface area contributed by atoms with E-state index in [0.29, 0.717) is 0 Å². The molecule has 4 aromatic rings. The van der Waals surface area contributed by atoms with E-state index in [2.05, 4.69) is 44.0 Å². The highest BCUT2D eigenvalue weighted by Crippen LogP contribution is 2.23. The van der Waals surface area contributed by atoms with Gasteiger partial charge in [0.1, 0.15) is 0 Å². The Balaban J connectivity index is 0.000000161. The molecule has 0 aliphatic carbocycles. The zero-order valence-electron chi connectivity index (χ0n) is 15.6. The number of hydrogen-bond acceptors (Lipinski definition) is 2. The van der Waals surface area contributed by atoms with Crippen molar-refractivity contribution in [3.63, 3.8) is 0 Å². The van der Waals surface area contributed by atoms with Gasteiger partial charge in [0.2, 0.25) is 0 Å². The minimum absolute atomic E-state index is 0.104. The van der Waals surface area contributed by atoms with Crippen LogP contribution in [-0.2, 0) is 0 Å². The third-order valence-corrected chi connectivity index (χ3v) is 5.50. The maximum atomic E-state index is 11.2. The molecule has 0 aliphatic heterocycles. The van der Waals surface area contributed by atoms with Crippen molar-refractivity contribution in [2.24, 2.45) is 0 Å². The molecule has 0 aromatic heterocycles. The topological polar surface area (TPSA) is 37.3 Å². The van der Waals surface area contributed by atoms with Crippen LogP contribution in [-0.4, -0.2) is 10.9 Å². The highest BCUT2D eigenvalue weighted by Gasteiger charge is 2.02. The van der Waals surface area contributed by atoms with E-state index in [9.17, 15) is 9.90 Å². The highest BCUT2D eigenvalue weighted by molar-refractivity contribution is 9.10. The van der Waals surface area contributed by atoms with Crippen LogP contribution in [0.2, 0.25) is 0 Å². The summed E-state index contributed by atoms with van der Waals surface area (Å²) >= 11 is 6.84. The standard InChI is InChI=1S/C12H11BrO.C12H9BrO/c2*1-8(14)10-3-2-9-4-5-12(13)7-11(9)6-10/h2-8,14H,1H3;2-7H,1H3/t8-;/m1./s1.